The third-order valence-electron chi connectivity index (χ3n) is 2.73. The number of hydrogen-bond acceptors (Lipinski definition) is 5. The van der Waals surface area contributed by atoms with Crippen molar-refractivity contribution in [3.8, 4) is 11.8 Å². The minimum Gasteiger partial charge on any atom is -0.361 e. The molecule has 0 amide bonds. The van der Waals surface area contributed by atoms with E-state index in [4.69, 9.17) is 0 Å². The second-order valence-corrected chi connectivity index (χ2v) is 5.81. The Morgan fingerprint density at radius 2 is 2.05 bits per heavy atom. The van der Waals surface area contributed by atoms with Crippen LogP contribution in [0.5, 0.6) is 0 Å². The van der Waals surface area contributed by atoms with Gasteiger partial charge in [0.2, 0.25) is 5.82 Å². The molecule has 0 saturated carbocycles. The van der Waals surface area contributed by atoms with Crippen molar-refractivity contribution in [2.75, 3.05) is 19.0 Å². The summed E-state index contributed by atoms with van der Waals surface area (Å²) in [6.45, 7) is 2.06. The van der Waals surface area contributed by atoms with E-state index in [0.717, 1.165) is 16.2 Å². The maximum atomic E-state index is 4.47. The summed E-state index contributed by atoms with van der Waals surface area (Å²) in [5.41, 5.74) is 1.46. The summed E-state index contributed by atoms with van der Waals surface area (Å²) in [7, 11) is 3.87. The number of fused-ring (bicyclic) bond motifs is 1. The number of H-pyrrole nitrogens is 1. The summed E-state index contributed by atoms with van der Waals surface area (Å²) in [6.07, 6.45) is 1.62. The number of thiophene rings is 1. The van der Waals surface area contributed by atoms with Gasteiger partial charge in [-0.05, 0) is 30.9 Å². The van der Waals surface area contributed by atoms with Crippen molar-refractivity contribution in [2.24, 2.45) is 0 Å². The van der Waals surface area contributed by atoms with Gasteiger partial charge in [0.25, 0.3) is 0 Å². The largest absolute Gasteiger partial charge is 0.361 e. The quantitative estimate of drug-likeness (QED) is 0.696. The smallest absolute Gasteiger partial charge is 0.209 e. The molecular formula is C14H13N5S. The van der Waals surface area contributed by atoms with Crippen LogP contribution in [0.2, 0.25) is 0 Å². The SMILES string of the molecule is Cc1ccc(C#Cc2nc(N(C)C)c3[nH]cnc3n2)s1. The van der Waals surface area contributed by atoms with E-state index in [9.17, 15) is 0 Å². The minimum absolute atomic E-state index is 0.486. The predicted octanol–water partition coefficient (Wildman–Crippen LogP) is 2.19. The number of nitrogens with zero attached hydrogens (tertiary/aromatic N) is 4. The zero-order valence-corrected chi connectivity index (χ0v) is 12.2. The van der Waals surface area contributed by atoms with Crippen LogP contribution >= 0.6 is 11.3 Å². The van der Waals surface area contributed by atoms with E-state index in [-0.39, 0.29) is 0 Å². The van der Waals surface area contributed by atoms with Crippen LogP contribution in [0.15, 0.2) is 18.5 Å². The molecule has 0 saturated heterocycles. The monoisotopic (exact) mass is 283 g/mol. The Bertz CT molecular complexity index is 819. The first-order chi connectivity index (χ1) is 9.63. The van der Waals surface area contributed by atoms with Gasteiger partial charge in [-0.3, -0.25) is 0 Å². The summed E-state index contributed by atoms with van der Waals surface area (Å²) < 4.78 is 0. The third kappa shape index (κ3) is 2.36. The Hall–Kier alpha value is -2.39. The van der Waals surface area contributed by atoms with Gasteiger partial charge in [0.1, 0.15) is 5.52 Å². The number of nitrogens with one attached hydrogen (secondary N) is 1. The number of imidazole rings is 1. The molecule has 1 N–H and O–H groups in total. The maximum Gasteiger partial charge on any atom is 0.209 e. The number of aryl methyl sites for hydroxylation is 1. The van der Waals surface area contributed by atoms with Crippen LogP contribution in [-0.4, -0.2) is 34.0 Å². The van der Waals surface area contributed by atoms with Gasteiger partial charge < -0.3 is 9.88 Å². The van der Waals surface area contributed by atoms with E-state index in [1.807, 2.05) is 25.1 Å². The number of aromatic nitrogens is 4. The fourth-order valence-electron chi connectivity index (χ4n) is 1.82. The fraction of sp³-hybridized carbons (Fsp3) is 0.214. The van der Waals surface area contributed by atoms with Crippen LogP contribution in [0.25, 0.3) is 11.2 Å². The van der Waals surface area contributed by atoms with E-state index in [0.29, 0.717) is 11.5 Å². The van der Waals surface area contributed by atoms with E-state index in [1.165, 1.54) is 4.88 Å². The van der Waals surface area contributed by atoms with E-state index < -0.39 is 0 Å². The Labute approximate surface area is 120 Å². The molecule has 20 heavy (non-hydrogen) atoms. The highest BCUT2D eigenvalue weighted by molar-refractivity contribution is 7.12. The van der Waals surface area contributed by atoms with Gasteiger partial charge in [-0.15, -0.1) is 11.3 Å². The molecule has 0 fully saturated rings. The van der Waals surface area contributed by atoms with Gasteiger partial charge in [0.05, 0.1) is 11.2 Å². The Morgan fingerprint density at radius 3 is 2.75 bits per heavy atom. The normalized spacial score (nSPS) is 10.3. The van der Waals surface area contributed by atoms with Crippen molar-refractivity contribution >= 4 is 28.3 Å². The average Bonchev–Trinajstić information content (AvgIpc) is 3.03. The third-order valence-corrected chi connectivity index (χ3v) is 3.64. The number of anilines is 1. The van der Waals surface area contributed by atoms with Crippen LogP contribution in [0, 0.1) is 18.8 Å². The first-order valence-electron chi connectivity index (χ1n) is 6.10. The second-order valence-electron chi connectivity index (χ2n) is 4.53. The molecule has 0 spiro atoms. The minimum atomic E-state index is 0.486. The molecule has 0 aliphatic carbocycles. The highest BCUT2D eigenvalue weighted by Crippen LogP contribution is 2.18. The molecule has 0 radical (unpaired) electrons. The fourth-order valence-corrected chi connectivity index (χ4v) is 2.54. The van der Waals surface area contributed by atoms with Crippen LogP contribution in [-0.2, 0) is 0 Å². The first-order valence-corrected chi connectivity index (χ1v) is 6.92. The lowest BCUT2D eigenvalue weighted by molar-refractivity contribution is 1.04. The van der Waals surface area contributed by atoms with Gasteiger partial charge in [-0.2, -0.15) is 4.98 Å². The zero-order chi connectivity index (χ0) is 14.1. The van der Waals surface area contributed by atoms with Crippen molar-refractivity contribution in [1.29, 1.82) is 0 Å². The molecule has 0 aromatic carbocycles. The van der Waals surface area contributed by atoms with Crippen molar-refractivity contribution in [3.05, 3.63) is 34.0 Å². The maximum absolute atomic E-state index is 4.47. The Kier molecular flexibility index (Phi) is 3.12. The highest BCUT2D eigenvalue weighted by Gasteiger charge is 2.10. The van der Waals surface area contributed by atoms with Crippen molar-refractivity contribution in [3.63, 3.8) is 0 Å². The average molecular weight is 283 g/mol. The number of rotatable bonds is 1. The van der Waals surface area contributed by atoms with Gasteiger partial charge in [0, 0.05) is 19.0 Å². The molecule has 0 atom stereocenters. The van der Waals surface area contributed by atoms with E-state index in [1.54, 1.807) is 17.7 Å². The number of aromatic amines is 1. The summed E-state index contributed by atoms with van der Waals surface area (Å²) in [6, 6.07) is 4.06. The van der Waals surface area contributed by atoms with Gasteiger partial charge in [-0.1, -0.05) is 0 Å². The first kappa shape index (κ1) is 12.6. The summed E-state index contributed by atoms with van der Waals surface area (Å²) in [5, 5.41) is 0. The molecule has 0 bridgehead atoms. The molecule has 0 unspecified atom stereocenters. The molecule has 0 aliphatic rings. The summed E-state index contributed by atoms with van der Waals surface area (Å²) >= 11 is 1.66. The van der Waals surface area contributed by atoms with Gasteiger partial charge in [-0.25, -0.2) is 9.97 Å². The van der Waals surface area contributed by atoms with Crippen molar-refractivity contribution in [1.82, 2.24) is 19.9 Å². The lowest BCUT2D eigenvalue weighted by Crippen LogP contribution is -2.12. The van der Waals surface area contributed by atoms with Crippen LogP contribution in [0.4, 0.5) is 5.82 Å². The zero-order valence-electron chi connectivity index (χ0n) is 11.4. The van der Waals surface area contributed by atoms with Gasteiger partial charge >= 0.3 is 0 Å². The molecule has 5 nitrogen and oxygen atoms in total. The van der Waals surface area contributed by atoms with E-state index >= 15 is 0 Å². The molecule has 0 aliphatic heterocycles. The summed E-state index contributed by atoms with van der Waals surface area (Å²) in [5.74, 6) is 7.38. The molecule has 3 rings (SSSR count). The molecule has 3 aromatic heterocycles. The topological polar surface area (TPSA) is 57.7 Å². The molecular weight excluding hydrogens is 270 g/mol. The van der Waals surface area contributed by atoms with Crippen molar-refractivity contribution in [2.45, 2.75) is 6.92 Å². The lowest BCUT2D eigenvalue weighted by atomic mass is 10.4. The lowest BCUT2D eigenvalue weighted by Gasteiger charge is -2.11. The molecule has 3 aromatic rings. The van der Waals surface area contributed by atoms with Crippen molar-refractivity contribution < 1.29 is 0 Å². The molecule has 3 heterocycles. The highest BCUT2D eigenvalue weighted by atomic mass is 32.1. The molecule has 6 heteroatoms. The van der Waals surface area contributed by atoms with E-state index in [2.05, 4.69) is 44.8 Å². The summed E-state index contributed by atoms with van der Waals surface area (Å²) in [4.78, 5) is 20.2. The van der Waals surface area contributed by atoms with Crippen LogP contribution in [0.3, 0.4) is 0 Å². The number of hydrogen-bond donors (Lipinski definition) is 1. The van der Waals surface area contributed by atoms with Crippen LogP contribution < -0.4 is 4.90 Å². The van der Waals surface area contributed by atoms with Crippen LogP contribution in [0.1, 0.15) is 15.6 Å². The molecule has 100 valence electrons. The Morgan fingerprint density at radius 1 is 1.20 bits per heavy atom. The predicted molar refractivity (Wildman–Crippen MR) is 81.0 cm³/mol. The second kappa shape index (κ2) is 4.94. The Balaban J connectivity index is 2.06. The van der Waals surface area contributed by atoms with Gasteiger partial charge in [0.15, 0.2) is 11.5 Å². The standard InChI is InChI=1S/C14H13N5S/c1-9-4-5-10(20-9)6-7-11-17-13-12(15-8-16-13)14(18-11)19(2)3/h4-5,8H,1-3H3,(H,15,16,17,18).